The maximum atomic E-state index is 11.9. The summed E-state index contributed by atoms with van der Waals surface area (Å²) < 4.78 is 38.2. The number of hydrogen-bond acceptors (Lipinski definition) is 6. The Hall–Kier alpha value is -2.91. The van der Waals surface area contributed by atoms with E-state index in [-0.39, 0.29) is 0 Å². The van der Waals surface area contributed by atoms with Crippen molar-refractivity contribution >= 4 is 66.0 Å². The number of aromatic nitrogens is 1. The highest BCUT2D eigenvalue weighted by Crippen LogP contribution is 2.46. The van der Waals surface area contributed by atoms with E-state index in [0.717, 1.165) is 49.6 Å². The minimum atomic E-state index is -4.48. The summed E-state index contributed by atoms with van der Waals surface area (Å²) in [6.07, 6.45) is 4.97. The molecule has 0 spiro atoms. The number of allylic oxidation sites excluding steroid dienone is 2. The van der Waals surface area contributed by atoms with E-state index in [0.29, 0.717) is 0 Å². The molecule has 0 atom stereocenters. The van der Waals surface area contributed by atoms with Gasteiger partial charge >= 0.3 is 0 Å². The molecule has 0 bridgehead atoms. The standard InChI is InChI=1S/C26H24N2O3S3.C2H4/c1-3-18(15-24-27(4-2)21-11-7-8-12-22(21)32-24)16-25-28(17-34(29,30)31)26-20-10-6-5-9-19(20)13-14-23(26)33-25;1-2/h5-16H,3-4,17H2,1-2H3;1-2H2. The van der Waals surface area contributed by atoms with Gasteiger partial charge in [-0.05, 0) is 54.6 Å². The number of anilines is 1. The molecule has 0 radical (unpaired) electrons. The zero-order valence-corrected chi connectivity index (χ0v) is 22.8. The van der Waals surface area contributed by atoms with E-state index in [4.69, 9.17) is 0 Å². The summed E-state index contributed by atoms with van der Waals surface area (Å²) in [5, 5.41) is 3.85. The molecular formula is C28H28N2O3S3. The van der Waals surface area contributed by atoms with Crippen LogP contribution in [0.25, 0.3) is 27.1 Å². The number of rotatable bonds is 6. The van der Waals surface area contributed by atoms with Crippen LogP contribution in [0, 0.1) is 0 Å². The molecule has 1 aliphatic rings. The number of nitrogens with zero attached hydrogens (tertiary/aromatic N) is 2. The predicted molar refractivity (Wildman–Crippen MR) is 152 cm³/mol. The van der Waals surface area contributed by atoms with Gasteiger partial charge in [-0.15, -0.1) is 13.2 Å². The minimum absolute atomic E-state index is 0.596. The molecule has 2 heterocycles. The first-order chi connectivity index (χ1) is 17.4. The Morgan fingerprint density at radius 3 is 2.50 bits per heavy atom. The molecule has 1 aromatic heterocycles. The van der Waals surface area contributed by atoms with Crippen molar-refractivity contribution in [3.8, 4) is 0 Å². The Balaban J connectivity index is 0.00000148. The molecule has 3 aromatic carbocycles. The smallest absolute Gasteiger partial charge is 0.263 e. The zero-order chi connectivity index (χ0) is 25.9. The maximum Gasteiger partial charge on any atom is 0.263 e. The summed E-state index contributed by atoms with van der Waals surface area (Å²) in [5.41, 5.74) is 3.06. The monoisotopic (exact) mass is 536 g/mol. The molecule has 0 unspecified atom stereocenters. The van der Waals surface area contributed by atoms with Crippen LogP contribution in [0.15, 0.2) is 95.4 Å². The van der Waals surface area contributed by atoms with Gasteiger partial charge in [-0.1, -0.05) is 66.4 Å². The van der Waals surface area contributed by atoms with E-state index in [1.54, 1.807) is 16.3 Å². The van der Waals surface area contributed by atoms with Crippen LogP contribution in [0.4, 0.5) is 5.69 Å². The fourth-order valence-electron chi connectivity index (χ4n) is 4.32. The van der Waals surface area contributed by atoms with Crippen molar-refractivity contribution in [1.82, 2.24) is 0 Å². The lowest BCUT2D eigenvalue weighted by Gasteiger charge is -2.18. The molecule has 8 heteroatoms. The minimum Gasteiger partial charge on any atom is -0.743 e. The molecule has 1 aliphatic heterocycles. The lowest BCUT2D eigenvalue weighted by molar-refractivity contribution is -0.648. The molecule has 5 nitrogen and oxygen atoms in total. The molecule has 0 saturated heterocycles. The number of thiazole rings is 1. The molecular weight excluding hydrogens is 509 g/mol. The van der Waals surface area contributed by atoms with Gasteiger partial charge in [0.05, 0.1) is 16.1 Å². The highest BCUT2D eigenvalue weighted by atomic mass is 32.2. The molecule has 0 aliphatic carbocycles. The average molecular weight is 537 g/mol. The van der Waals surface area contributed by atoms with Crippen LogP contribution in [0.3, 0.4) is 0 Å². The Kier molecular flexibility index (Phi) is 8.00. The lowest BCUT2D eigenvalue weighted by Crippen LogP contribution is -2.39. The molecule has 0 fully saturated rings. The summed E-state index contributed by atoms with van der Waals surface area (Å²) in [7, 11) is -4.48. The first kappa shape index (κ1) is 26.2. The summed E-state index contributed by atoms with van der Waals surface area (Å²) in [6, 6.07) is 20.2. The second-order valence-electron chi connectivity index (χ2n) is 8.06. The van der Waals surface area contributed by atoms with Gasteiger partial charge in [0, 0.05) is 17.5 Å². The quantitative estimate of drug-likeness (QED) is 0.152. The van der Waals surface area contributed by atoms with Gasteiger partial charge in [0.2, 0.25) is 11.4 Å². The van der Waals surface area contributed by atoms with Crippen molar-refractivity contribution in [2.75, 3.05) is 11.4 Å². The number of para-hydroxylation sites is 1. The summed E-state index contributed by atoms with van der Waals surface area (Å²) in [5.74, 6) is -0.596. The summed E-state index contributed by atoms with van der Waals surface area (Å²) in [4.78, 5) is 3.52. The van der Waals surface area contributed by atoms with E-state index in [1.807, 2.05) is 48.5 Å². The fourth-order valence-corrected chi connectivity index (χ4v) is 7.34. The van der Waals surface area contributed by atoms with Gasteiger partial charge < -0.3 is 9.45 Å². The molecule has 36 heavy (non-hydrogen) atoms. The van der Waals surface area contributed by atoms with Gasteiger partial charge in [0.25, 0.3) is 5.01 Å². The molecule has 4 aromatic rings. The third-order valence-electron chi connectivity index (χ3n) is 5.88. The van der Waals surface area contributed by atoms with Crippen molar-refractivity contribution in [3.05, 3.63) is 95.5 Å². The van der Waals surface area contributed by atoms with Crippen molar-refractivity contribution in [3.63, 3.8) is 0 Å². The van der Waals surface area contributed by atoms with E-state index in [1.165, 1.54) is 21.9 Å². The Bertz CT molecular complexity index is 1590. The van der Waals surface area contributed by atoms with Crippen LogP contribution in [-0.2, 0) is 16.0 Å². The summed E-state index contributed by atoms with van der Waals surface area (Å²) >= 11 is 3.25. The van der Waals surface area contributed by atoms with Gasteiger partial charge in [0.15, 0.2) is 10.1 Å². The van der Waals surface area contributed by atoms with Gasteiger partial charge in [-0.25, -0.2) is 8.42 Å². The van der Waals surface area contributed by atoms with Crippen LogP contribution < -0.4 is 9.47 Å². The van der Waals surface area contributed by atoms with Crippen LogP contribution in [0.2, 0.25) is 0 Å². The van der Waals surface area contributed by atoms with Crippen molar-refractivity contribution in [1.29, 1.82) is 0 Å². The lowest BCUT2D eigenvalue weighted by atomic mass is 10.1. The van der Waals surface area contributed by atoms with Gasteiger partial charge in [-0.3, -0.25) is 0 Å². The van der Waals surface area contributed by atoms with Crippen LogP contribution in [0.5, 0.6) is 0 Å². The van der Waals surface area contributed by atoms with Crippen molar-refractivity contribution in [2.24, 2.45) is 0 Å². The van der Waals surface area contributed by atoms with Crippen molar-refractivity contribution in [2.45, 2.75) is 31.0 Å². The third-order valence-corrected chi connectivity index (χ3v) is 8.66. The normalized spacial score (nSPS) is 14.8. The molecule has 0 N–H and O–H groups in total. The second kappa shape index (κ2) is 11.0. The molecule has 0 amide bonds. The summed E-state index contributed by atoms with van der Waals surface area (Å²) in [6.45, 7) is 11.1. The average Bonchev–Trinajstić information content (AvgIpc) is 3.41. The van der Waals surface area contributed by atoms with Crippen LogP contribution >= 0.6 is 23.1 Å². The van der Waals surface area contributed by atoms with E-state index in [9.17, 15) is 13.0 Å². The Labute approximate surface area is 220 Å². The number of hydrogen-bond donors (Lipinski definition) is 0. The van der Waals surface area contributed by atoms with E-state index >= 15 is 0 Å². The highest BCUT2D eigenvalue weighted by Gasteiger charge is 2.26. The van der Waals surface area contributed by atoms with Crippen molar-refractivity contribution < 1.29 is 17.5 Å². The highest BCUT2D eigenvalue weighted by molar-refractivity contribution is 8.03. The van der Waals surface area contributed by atoms with Gasteiger partial charge in [-0.2, -0.15) is 4.57 Å². The second-order valence-corrected chi connectivity index (χ2v) is 11.6. The number of fused-ring (bicyclic) bond motifs is 4. The SMILES string of the molecule is C=C.CCC(=Cc1sc2ccc3ccccc3c2[n+]1CS(=O)(=O)[O-])C=C1Sc2ccccc2N1CC. The number of benzene rings is 3. The molecule has 0 saturated carbocycles. The first-order valence-corrected chi connectivity index (χ1v) is 14.8. The Morgan fingerprint density at radius 1 is 1.06 bits per heavy atom. The predicted octanol–water partition coefficient (Wildman–Crippen LogP) is 6.91. The van der Waals surface area contributed by atoms with E-state index in [2.05, 4.69) is 56.2 Å². The van der Waals surface area contributed by atoms with Crippen LogP contribution in [0.1, 0.15) is 25.3 Å². The first-order valence-electron chi connectivity index (χ1n) is 11.6. The topological polar surface area (TPSA) is 64.3 Å². The fraction of sp³-hybridized carbons (Fsp3) is 0.179. The zero-order valence-electron chi connectivity index (χ0n) is 20.3. The number of thioether (sulfide) groups is 1. The molecule has 5 rings (SSSR count). The van der Waals surface area contributed by atoms with Gasteiger partial charge in [0.1, 0.15) is 4.70 Å². The van der Waals surface area contributed by atoms with Crippen LogP contribution in [-0.4, -0.2) is 19.5 Å². The molecule has 186 valence electrons. The van der Waals surface area contributed by atoms with E-state index < -0.39 is 16.0 Å². The maximum absolute atomic E-state index is 11.9. The third kappa shape index (κ3) is 5.27. The largest absolute Gasteiger partial charge is 0.743 e. The Morgan fingerprint density at radius 2 is 1.78 bits per heavy atom.